The van der Waals surface area contributed by atoms with Crippen molar-refractivity contribution < 1.29 is 126 Å². The molecule has 7 aliphatic rings. The van der Waals surface area contributed by atoms with Crippen LogP contribution in [0.5, 0.6) is 0 Å². The van der Waals surface area contributed by atoms with Crippen LogP contribution in [0.4, 0.5) is 0 Å². The van der Waals surface area contributed by atoms with Crippen LogP contribution in [-0.2, 0) is 121 Å². The molecule has 2 aromatic carbocycles. The standard InChI is InChI=1S/C68H88N4O14.2C7H8O3S.2Co/c1-65(2,3)49-33-45-29-41(61(49)77)37-69-53-17-13-14-18-54(53)70-38-42-30-46(34-50(62(42)78)66(4,5)6)85-59(75)23-27-82-28-24-60(76)86-48-32-44(64(80)52(36-48)68(10,11)12)40-72-56-20-16-15-19-55(56)71-39-43-31-47(35-51(63(43)79)67(7,8)9)84-58(74)22-26-81-25-21-57(73)83-45;2*1-6-2-4-7(5-3-6)11(8,9)10;;/h29-40,53-56,69-72H,13-28H2,1-12H3;2*2-5H,1H3,(H,8,9,10);;/p-2/b41-37-,42-38-,43-39-,44-40-;;;;/t53-,54-,55-,56-;;;;/m1..../s1. The number of nitrogens with one attached hydrogen (secondary N) is 4. The topological polar surface area (TPSA) is 354 Å². The van der Waals surface area contributed by atoms with Crippen LogP contribution >= 0.6 is 0 Å². The summed E-state index contributed by atoms with van der Waals surface area (Å²) in [5.74, 6) is -2.52. The average Bonchev–Trinajstić information content (AvgIpc) is 0.812. The number of aryl methyl sites for hydroxylation is 2. The normalized spacial score (nSPS) is 23.7. The molecule has 24 nitrogen and oxygen atoms in total. The Kier molecular flexibility index (Phi) is 33.9. The molecular formula is C82H102Co2N4O20S2-2. The molecule has 0 saturated heterocycles. The van der Waals surface area contributed by atoms with Crippen LogP contribution in [-0.4, -0.2) is 124 Å². The summed E-state index contributed by atoms with van der Waals surface area (Å²) in [4.78, 5) is 109. The second-order valence-corrected chi connectivity index (χ2v) is 34.2. The summed E-state index contributed by atoms with van der Waals surface area (Å²) in [6.45, 7) is 26.3. The van der Waals surface area contributed by atoms with Crippen molar-refractivity contribution >= 4 is 67.2 Å². The Morgan fingerprint density at radius 3 is 0.718 bits per heavy atom. The largest absolute Gasteiger partial charge is 0.744 e. The Bertz CT molecular complexity index is 3920. The van der Waals surface area contributed by atoms with E-state index in [1.807, 2.05) is 96.9 Å². The van der Waals surface area contributed by atoms with Gasteiger partial charge in [0.15, 0.2) is 23.1 Å². The molecular weight excluding hydrogens is 1540 g/mol. The second kappa shape index (κ2) is 40.3. The fraction of sp³-hybridized carbons (Fsp3) is 0.463. The van der Waals surface area contributed by atoms with Crippen molar-refractivity contribution in [2.45, 2.75) is 208 Å². The number of carbonyl (C=O) groups excluding carboxylic acids is 8. The van der Waals surface area contributed by atoms with E-state index < -0.39 is 65.8 Å². The molecule has 0 spiro atoms. The van der Waals surface area contributed by atoms with E-state index in [4.69, 9.17) is 28.4 Å². The predicted octanol–water partition coefficient (Wildman–Crippen LogP) is 11.8. The Hall–Kier alpha value is -8.17. The molecule has 6 aliphatic carbocycles. The minimum absolute atomic E-state index is 0. The molecule has 4 N–H and O–H groups in total. The molecule has 602 valence electrons. The molecule has 0 aromatic heterocycles. The number of fused-ring (bicyclic) bond motifs is 6. The number of esters is 4. The molecule has 8 bridgehead atoms. The van der Waals surface area contributed by atoms with Gasteiger partial charge < -0.3 is 58.8 Å². The van der Waals surface area contributed by atoms with E-state index in [0.717, 1.165) is 62.5 Å². The average molecular weight is 1650 g/mol. The van der Waals surface area contributed by atoms with Gasteiger partial charge in [-0.05, 0) is 134 Å². The van der Waals surface area contributed by atoms with Crippen LogP contribution < -0.4 is 21.3 Å². The Balaban J connectivity index is 0.000000771. The summed E-state index contributed by atoms with van der Waals surface area (Å²) in [5.41, 5.74) is 2.47. The van der Waals surface area contributed by atoms with E-state index in [-0.39, 0.29) is 166 Å². The van der Waals surface area contributed by atoms with E-state index in [0.29, 0.717) is 44.6 Å². The van der Waals surface area contributed by atoms with Gasteiger partial charge in [-0.3, -0.25) is 38.4 Å². The van der Waals surface area contributed by atoms with Crippen molar-refractivity contribution in [1.82, 2.24) is 21.3 Å². The van der Waals surface area contributed by atoms with Crippen molar-refractivity contribution in [2.75, 3.05) is 26.4 Å². The maximum atomic E-state index is 14.0. The van der Waals surface area contributed by atoms with Gasteiger partial charge in [-0.15, -0.1) is 0 Å². The van der Waals surface area contributed by atoms with Crippen molar-refractivity contribution in [1.29, 1.82) is 0 Å². The van der Waals surface area contributed by atoms with E-state index in [1.165, 1.54) is 48.6 Å². The number of ketones is 4. The van der Waals surface area contributed by atoms with Crippen LogP contribution in [0.2, 0.25) is 0 Å². The first-order valence-electron chi connectivity index (χ1n) is 36.3. The fourth-order valence-corrected chi connectivity index (χ4v) is 13.1. The summed E-state index contributed by atoms with van der Waals surface area (Å²) in [5, 5.41) is 13.8. The number of Topliss-reactive ketones (excluding diaryl/α,β-unsaturated/α-hetero) is 4. The third-order valence-corrected chi connectivity index (χ3v) is 20.0. The first-order valence-corrected chi connectivity index (χ1v) is 39.1. The van der Waals surface area contributed by atoms with Crippen LogP contribution in [0, 0.1) is 35.5 Å². The monoisotopic (exact) mass is 1640 g/mol. The number of carbonyl (C=O) groups is 8. The van der Waals surface area contributed by atoms with Crippen LogP contribution in [0.15, 0.2) is 199 Å². The van der Waals surface area contributed by atoms with Crippen molar-refractivity contribution in [2.24, 2.45) is 21.7 Å². The van der Waals surface area contributed by atoms with Gasteiger partial charge in [0.1, 0.15) is 43.3 Å². The van der Waals surface area contributed by atoms with Gasteiger partial charge >= 0.3 is 23.9 Å². The number of rotatable bonds is 2. The molecule has 9 rings (SSSR count). The summed E-state index contributed by atoms with van der Waals surface area (Å²) in [6, 6.07) is 10.9. The quantitative estimate of drug-likeness (QED) is 0.123. The van der Waals surface area contributed by atoms with Gasteiger partial charge in [0.2, 0.25) is 0 Å². The third kappa shape index (κ3) is 28.2. The minimum Gasteiger partial charge on any atom is -0.744 e. The van der Waals surface area contributed by atoms with Gasteiger partial charge in [0.05, 0.1) is 61.9 Å². The van der Waals surface area contributed by atoms with E-state index >= 15 is 0 Å². The number of benzene rings is 2. The van der Waals surface area contributed by atoms with Gasteiger partial charge in [-0.25, -0.2) is 16.8 Å². The molecule has 2 radical (unpaired) electrons. The van der Waals surface area contributed by atoms with E-state index in [2.05, 4.69) is 21.3 Å². The molecule has 0 amide bonds. The zero-order valence-corrected chi connectivity index (χ0v) is 68.5. The molecule has 28 heteroatoms. The zero-order chi connectivity index (χ0) is 79.7. The number of ether oxygens (including phenoxy) is 6. The van der Waals surface area contributed by atoms with Crippen LogP contribution in [0.1, 0.15) is 171 Å². The number of hydrogen-bond donors (Lipinski definition) is 4. The Morgan fingerprint density at radius 2 is 0.536 bits per heavy atom. The predicted molar refractivity (Wildman–Crippen MR) is 402 cm³/mol. The molecule has 1 heterocycles. The number of hydrogen-bond acceptors (Lipinski definition) is 24. The minimum atomic E-state index is -4.27. The maximum Gasteiger partial charge on any atom is 0.313 e. The first-order chi connectivity index (χ1) is 50.4. The van der Waals surface area contributed by atoms with Gasteiger partial charge in [-0.1, -0.05) is 144 Å². The molecule has 0 unspecified atom stereocenters. The molecule has 2 saturated carbocycles. The molecule has 1 aliphatic heterocycles. The second-order valence-electron chi connectivity index (χ2n) is 31.5. The molecule has 2 fully saturated rings. The summed E-state index contributed by atoms with van der Waals surface area (Å²) in [6.07, 6.45) is 25.2. The fourth-order valence-electron chi connectivity index (χ4n) is 12.2. The van der Waals surface area contributed by atoms with Crippen molar-refractivity contribution in [3.05, 3.63) is 201 Å². The van der Waals surface area contributed by atoms with Crippen molar-refractivity contribution in [3.8, 4) is 0 Å². The van der Waals surface area contributed by atoms with Gasteiger partial charge in [0.25, 0.3) is 0 Å². The number of allylic oxidation sites excluding steroid dienone is 16. The zero-order valence-electron chi connectivity index (χ0n) is 64.8. The SMILES string of the molecule is CC(C)(C)C1=CC2=C/C(=C/N[C@@H]3CCCC[C@H]3N/C=C3/C=C(C=C(C(C)(C)C)C3=O)OC(=O)CCOCCC(=O)OC3=C/C(=C/N[C@@H]4CCCC[C@H]4N/C=C4/C=C(C=C(C(C)(C)C)C4=O)OC(=O)CCOCCC(=O)O2)C(=O)C(C(C)(C)C)=C3)C1=O.Cc1ccc(S(=O)(=O)[O-])cc1.Cc1ccc(S(=O)(=O)[O-])cc1.[Co].[Co]. The van der Waals surface area contributed by atoms with Crippen LogP contribution in [0.25, 0.3) is 0 Å². The Morgan fingerprint density at radius 1 is 0.336 bits per heavy atom. The molecule has 2 aromatic rings. The Labute approximate surface area is 667 Å². The van der Waals surface area contributed by atoms with Gasteiger partial charge in [0, 0.05) is 127 Å². The van der Waals surface area contributed by atoms with E-state index in [1.54, 1.807) is 73.4 Å². The van der Waals surface area contributed by atoms with Crippen molar-refractivity contribution in [3.63, 3.8) is 0 Å². The summed E-state index contributed by atoms with van der Waals surface area (Å²) < 4.78 is 96.9. The van der Waals surface area contributed by atoms with Gasteiger partial charge in [-0.2, -0.15) is 0 Å². The first kappa shape index (κ1) is 92.4. The third-order valence-electron chi connectivity index (χ3n) is 18.3. The van der Waals surface area contributed by atoms with E-state index in [9.17, 15) is 64.3 Å². The summed E-state index contributed by atoms with van der Waals surface area (Å²) in [7, 11) is -8.54. The van der Waals surface area contributed by atoms with Crippen LogP contribution in [0.3, 0.4) is 0 Å². The molecule has 4 atom stereocenters. The maximum absolute atomic E-state index is 14.0. The summed E-state index contributed by atoms with van der Waals surface area (Å²) >= 11 is 0. The molecule has 110 heavy (non-hydrogen) atoms. The smallest absolute Gasteiger partial charge is 0.313 e.